The number of benzene rings is 6. The first-order valence-corrected chi connectivity index (χ1v) is 49.0. The van der Waals surface area contributed by atoms with E-state index in [0.29, 0.717) is 178 Å². The lowest BCUT2D eigenvalue weighted by Crippen LogP contribution is -2.65. The molecule has 8 fully saturated rings. The molecule has 6 aromatic heterocycles. The van der Waals surface area contributed by atoms with Crippen LogP contribution in [0.15, 0.2) is 133 Å². The van der Waals surface area contributed by atoms with Crippen LogP contribution in [0.1, 0.15) is 117 Å². The minimum atomic E-state index is -0.441. The molecule has 12 aliphatic rings. The summed E-state index contributed by atoms with van der Waals surface area (Å²) in [5, 5.41) is 2.44. The molecule has 0 N–H and O–H groups in total. The fraction of sp³-hybridized carbons (Fsp3) is 0.431. The Bertz CT molecular complexity index is 6750. The van der Waals surface area contributed by atoms with Crippen molar-refractivity contribution in [3.63, 3.8) is 0 Å². The monoisotopic (exact) mass is 1950 g/mol. The second-order valence-electron chi connectivity index (χ2n) is 39.9. The van der Waals surface area contributed by atoms with Crippen LogP contribution in [0.5, 0.6) is 92.5 Å². The van der Waals surface area contributed by atoms with Gasteiger partial charge >= 0.3 is 0 Å². The van der Waals surface area contributed by atoms with Gasteiger partial charge in [-0.05, 0) is 153 Å². The number of methoxy groups -OCH3 is 4. The molecule has 0 unspecified atom stereocenters. The summed E-state index contributed by atoms with van der Waals surface area (Å²) < 4.78 is 152. The molecule has 6 aromatic carbocycles. The van der Waals surface area contributed by atoms with Crippen LogP contribution in [0.3, 0.4) is 0 Å². The van der Waals surface area contributed by atoms with E-state index >= 15 is 17.6 Å². The second kappa shape index (κ2) is 41.3. The molecule has 30 nitrogen and oxygen atoms in total. The fourth-order valence-corrected chi connectivity index (χ4v) is 21.0. The third-order valence-corrected chi connectivity index (χ3v) is 28.9. The van der Waals surface area contributed by atoms with Gasteiger partial charge in [-0.1, -0.05) is 58.7 Å². The van der Waals surface area contributed by atoms with Crippen molar-refractivity contribution in [2.75, 3.05) is 186 Å². The highest BCUT2D eigenvalue weighted by atomic mass is 19.1. The van der Waals surface area contributed by atoms with Crippen molar-refractivity contribution >= 4 is 67.9 Å². The summed E-state index contributed by atoms with van der Waals surface area (Å²) in [6.45, 7) is 30.4. The van der Waals surface area contributed by atoms with E-state index in [4.69, 9.17) is 75.8 Å². The lowest BCUT2D eigenvalue weighted by Gasteiger charge is -2.55. The van der Waals surface area contributed by atoms with Gasteiger partial charge < -0.3 is 95.4 Å². The third kappa shape index (κ3) is 20.6. The molecule has 14 heterocycles. The first-order chi connectivity index (χ1) is 69.6. The van der Waals surface area contributed by atoms with Gasteiger partial charge in [0.15, 0.2) is 92.3 Å². The van der Waals surface area contributed by atoms with Crippen LogP contribution < -0.4 is 56.8 Å². The zero-order valence-corrected chi connectivity index (χ0v) is 81.8. The van der Waals surface area contributed by atoms with Crippen molar-refractivity contribution in [1.82, 2.24) is 69.4 Å². The van der Waals surface area contributed by atoms with Crippen molar-refractivity contribution in [3.8, 4) is 92.5 Å². The Morgan fingerprint density at radius 1 is 0.301 bits per heavy atom. The molecule has 143 heavy (non-hydrogen) atoms. The Morgan fingerprint density at radius 2 is 0.594 bits per heavy atom. The van der Waals surface area contributed by atoms with E-state index in [0.717, 1.165) is 209 Å². The van der Waals surface area contributed by atoms with Gasteiger partial charge in [-0.25, -0.2) is 57.4 Å². The number of allylic oxidation sites excluding steroid dienone is 4. The van der Waals surface area contributed by atoms with Gasteiger partial charge in [-0.2, -0.15) is 0 Å². The predicted molar refractivity (Wildman–Crippen MR) is 528 cm³/mol. The van der Waals surface area contributed by atoms with Crippen LogP contribution in [0, 0.1) is 44.9 Å². The maximum Gasteiger partial charge on any atom is 0.230 e. The molecular formula is C109H116F4N14O16. The molecule has 0 atom stereocenters. The molecule has 8 saturated heterocycles. The zero-order chi connectivity index (χ0) is 98.1. The van der Waals surface area contributed by atoms with Crippen molar-refractivity contribution in [2.45, 2.75) is 98.3 Å². The number of pyridine rings is 2. The molecule has 24 rings (SSSR count). The zero-order valence-electron chi connectivity index (χ0n) is 81.8. The molecule has 0 amide bonds. The maximum atomic E-state index is 15.1. The Kier molecular flexibility index (Phi) is 27.8. The van der Waals surface area contributed by atoms with Crippen LogP contribution in [0.25, 0.3) is 67.9 Å². The number of rotatable bonds is 32. The molecule has 746 valence electrons. The summed E-state index contributed by atoms with van der Waals surface area (Å²) in [4.78, 5) is 53.1. The number of aromatic nitrogens is 10. The average molecular weight is 1950 g/mol. The van der Waals surface area contributed by atoms with Crippen LogP contribution >= 0.6 is 0 Å². The minimum Gasteiger partial charge on any atom is -0.493 e. The average Bonchev–Trinajstić information content (AvgIpc) is 1.52. The largest absolute Gasteiger partial charge is 0.493 e. The van der Waals surface area contributed by atoms with E-state index < -0.39 is 11.6 Å². The molecule has 0 saturated carbocycles. The van der Waals surface area contributed by atoms with E-state index in [2.05, 4.69) is 69.4 Å². The maximum absolute atomic E-state index is 15.1. The van der Waals surface area contributed by atoms with Crippen LogP contribution in [0.4, 0.5) is 17.6 Å². The molecule has 4 aliphatic carbocycles. The van der Waals surface area contributed by atoms with Crippen LogP contribution in [-0.4, -0.2) is 256 Å². The van der Waals surface area contributed by atoms with E-state index in [1.807, 2.05) is 70.2 Å². The number of fused-ring (bicyclic) bond motifs is 8. The van der Waals surface area contributed by atoms with E-state index in [1.54, 1.807) is 83.1 Å². The highest BCUT2D eigenvalue weighted by Gasteiger charge is 2.50. The Balaban J connectivity index is 0.000000113. The predicted octanol–water partition coefficient (Wildman–Crippen LogP) is 18.5. The molecule has 12 aromatic rings. The van der Waals surface area contributed by atoms with E-state index in [1.165, 1.54) is 57.0 Å². The Labute approximate surface area is 826 Å². The molecule has 0 radical (unpaired) electrons. The van der Waals surface area contributed by atoms with Gasteiger partial charge in [0.25, 0.3) is 0 Å². The quantitative estimate of drug-likeness (QED) is 0.0279. The van der Waals surface area contributed by atoms with Crippen molar-refractivity contribution in [3.05, 3.63) is 201 Å². The van der Waals surface area contributed by atoms with Gasteiger partial charge in [0.05, 0.1) is 175 Å². The number of hydrogen-bond donors (Lipinski definition) is 0. The lowest BCUT2D eigenvalue weighted by atomic mass is 9.77. The number of likely N-dealkylation sites (tertiary alicyclic amines) is 4. The second-order valence-corrected chi connectivity index (χ2v) is 39.9. The van der Waals surface area contributed by atoms with Crippen LogP contribution in [0.2, 0.25) is 0 Å². The summed E-state index contributed by atoms with van der Waals surface area (Å²) in [6, 6.07) is 21.5. The van der Waals surface area contributed by atoms with Gasteiger partial charge in [-0.3, -0.25) is 9.97 Å². The van der Waals surface area contributed by atoms with Gasteiger partial charge in [-0.15, -0.1) is 0 Å². The molecule has 34 heteroatoms. The fourth-order valence-electron chi connectivity index (χ4n) is 21.0. The number of piperidine rings is 1. The molecule has 8 aliphatic heterocycles. The number of halogens is 4. The summed E-state index contributed by atoms with van der Waals surface area (Å²) in [5.74, 6) is 4.31. The third-order valence-electron chi connectivity index (χ3n) is 28.9. The molecule has 0 bridgehead atoms. The highest BCUT2D eigenvalue weighted by Crippen LogP contribution is 2.48. The number of ether oxygens (including phenoxy) is 16. The van der Waals surface area contributed by atoms with E-state index in [9.17, 15) is 0 Å². The lowest BCUT2D eigenvalue weighted by molar-refractivity contribution is -0.189. The van der Waals surface area contributed by atoms with E-state index in [-0.39, 0.29) is 58.2 Å². The smallest absolute Gasteiger partial charge is 0.230 e. The van der Waals surface area contributed by atoms with Crippen molar-refractivity contribution < 1.29 is 93.4 Å². The first kappa shape index (κ1) is 96.1. The van der Waals surface area contributed by atoms with Gasteiger partial charge in [0.2, 0.25) is 23.5 Å². The standard InChI is InChI=1S/C28H31FN4O4.C28H30FN3O4.C27H28FN3O4.C26H27FN4O4/c1-18-10-19-21(11-18)30-14-25(26(19)29)37-27-20-12-23(34-2)24(13-22(20)31-17-32-27)36-9-3-6-33-7-4-28(5-8-33)15-35-16-28;1-18-10-19-4-5-23(26(29)20(19)11-18)36-27-21-12-24(33-2)25(13-22(21)30-17-31-27)35-9-3-7-32-8-6-28(14-32)15-34-16-28;1-17-8-18-4-5-22(25(28)19(18)9-17)35-26-20-10-23(32-2)24(11-21(20)29-16-30-26)34-7-3-6-31-12-27(13-31)14-33-15-27;1-16-6-17-19(7-16)28-10-23(24(17)27)35-25-18-8-21(32-2)22(9-20(18)29-15-30-25)34-5-3-4-31-11-26(12-31)13-33-14-26/h10,12-14,17H,3-9,11,15-16H2,1-2H3;4-5,11-13,17H,3,6-10,14-16H2,1-2H3;4-5,9-11,16H,3,6-8,12-15H2,1-2H3;6,8-10,15H,3-5,7,11-14H2,1-2H3. The number of hydrogen-bond acceptors (Lipinski definition) is 30. The summed E-state index contributed by atoms with van der Waals surface area (Å²) in [7, 11) is 6.35. The van der Waals surface area contributed by atoms with Crippen molar-refractivity contribution in [1.29, 1.82) is 0 Å². The number of nitrogens with zero attached hydrogens (tertiary/aromatic N) is 14. The normalized spacial score (nSPS) is 18.2. The summed E-state index contributed by atoms with van der Waals surface area (Å²) in [6.07, 6.45) is 25.9. The Hall–Kier alpha value is -13.1. The summed E-state index contributed by atoms with van der Waals surface area (Å²) in [5.41, 5.74) is 14.1. The first-order valence-electron chi connectivity index (χ1n) is 49.0. The van der Waals surface area contributed by atoms with Gasteiger partial charge in [0, 0.05) is 140 Å². The van der Waals surface area contributed by atoms with Gasteiger partial charge in [0.1, 0.15) is 25.3 Å². The molecule has 4 spiro atoms. The topological polar surface area (TPSA) is 290 Å². The van der Waals surface area contributed by atoms with Crippen LogP contribution in [-0.2, 0) is 44.6 Å². The van der Waals surface area contributed by atoms with Crippen molar-refractivity contribution in [2.24, 2.45) is 21.7 Å². The molecular weight excluding hydrogens is 1840 g/mol. The minimum absolute atomic E-state index is 0.0234. The highest BCUT2D eigenvalue weighted by molar-refractivity contribution is 5.90. The Morgan fingerprint density at radius 3 is 0.923 bits per heavy atom. The SMILES string of the molecule is COc1cc2c(Oc3ccc4c(c3F)C=C(C)C4)ncnc2cc1OCCCN1CC2(COC2)C1.COc1cc2c(Oc3ccc4c(c3F)C=C(C)C4)ncnc2cc1OCCCN1CCC2(COC2)C1.COc1cc2c(Oc3cnc4c(c3F)C=C(C)C4)ncnc2cc1OCCCN1CC2(COC2)C1.COc1cc2c(Oc3cnc4c(c3F)C=C(C)C4)ncnc2cc1OCCCN1CCC2(CC1)COC2. The summed E-state index contributed by atoms with van der Waals surface area (Å²) >= 11 is 0.